The molecule has 2 rings (SSSR count). The molecular formula is C14H25NO2. The highest BCUT2D eigenvalue weighted by Crippen LogP contribution is 2.35. The van der Waals surface area contributed by atoms with Gasteiger partial charge in [-0.2, -0.15) is 0 Å². The van der Waals surface area contributed by atoms with Gasteiger partial charge in [0.2, 0.25) is 0 Å². The molecule has 0 bridgehead atoms. The van der Waals surface area contributed by atoms with Crippen molar-refractivity contribution in [1.29, 1.82) is 0 Å². The predicted molar refractivity (Wildman–Crippen MR) is 69.0 cm³/mol. The fourth-order valence-electron chi connectivity index (χ4n) is 2.83. The standard InChI is InChI=1S/C14H25NO2/c1-14(7-3-2-6-13(14)16)11-15-9-12-5-4-8-17-10-12/h5,13,15-16H,2-4,6-11H2,1H3. The van der Waals surface area contributed by atoms with Crippen LogP contribution in [0.2, 0.25) is 0 Å². The van der Waals surface area contributed by atoms with Gasteiger partial charge in [0.25, 0.3) is 0 Å². The Morgan fingerprint density at radius 1 is 1.53 bits per heavy atom. The van der Waals surface area contributed by atoms with Gasteiger partial charge in [0.1, 0.15) is 0 Å². The van der Waals surface area contributed by atoms with E-state index in [1.807, 2.05) is 0 Å². The number of nitrogens with one attached hydrogen (secondary N) is 1. The minimum Gasteiger partial charge on any atom is -0.393 e. The van der Waals surface area contributed by atoms with Crippen molar-refractivity contribution in [3.8, 4) is 0 Å². The van der Waals surface area contributed by atoms with E-state index < -0.39 is 0 Å². The summed E-state index contributed by atoms with van der Waals surface area (Å²) < 4.78 is 5.41. The Labute approximate surface area is 104 Å². The van der Waals surface area contributed by atoms with Crippen LogP contribution < -0.4 is 5.32 Å². The highest BCUT2D eigenvalue weighted by atomic mass is 16.5. The van der Waals surface area contributed by atoms with E-state index in [9.17, 15) is 5.11 Å². The lowest BCUT2D eigenvalue weighted by Gasteiger charge is -2.38. The molecule has 2 unspecified atom stereocenters. The summed E-state index contributed by atoms with van der Waals surface area (Å²) in [7, 11) is 0. The molecule has 0 spiro atoms. The fraction of sp³-hybridized carbons (Fsp3) is 0.857. The molecule has 3 heteroatoms. The van der Waals surface area contributed by atoms with Gasteiger partial charge in [-0.3, -0.25) is 0 Å². The van der Waals surface area contributed by atoms with E-state index >= 15 is 0 Å². The van der Waals surface area contributed by atoms with Crippen molar-refractivity contribution in [3.05, 3.63) is 11.6 Å². The molecule has 98 valence electrons. The first kappa shape index (κ1) is 13.1. The number of hydrogen-bond donors (Lipinski definition) is 2. The molecule has 1 aliphatic heterocycles. The fourth-order valence-corrected chi connectivity index (χ4v) is 2.83. The zero-order valence-electron chi connectivity index (χ0n) is 10.9. The molecule has 17 heavy (non-hydrogen) atoms. The van der Waals surface area contributed by atoms with Gasteiger partial charge in [0.15, 0.2) is 0 Å². The third-order valence-electron chi connectivity index (χ3n) is 4.14. The summed E-state index contributed by atoms with van der Waals surface area (Å²) in [5.74, 6) is 0. The maximum absolute atomic E-state index is 10.1. The molecule has 3 nitrogen and oxygen atoms in total. The van der Waals surface area contributed by atoms with Crippen molar-refractivity contribution < 1.29 is 9.84 Å². The second-order valence-electron chi connectivity index (χ2n) is 5.72. The first-order chi connectivity index (χ1) is 8.21. The van der Waals surface area contributed by atoms with Crippen molar-refractivity contribution in [1.82, 2.24) is 5.32 Å². The van der Waals surface area contributed by atoms with Gasteiger partial charge < -0.3 is 15.2 Å². The summed E-state index contributed by atoms with van der Waals surface area (Å²) in [6.45, 7) is 5.65. The van der Waals surface area contributed by atoms with Crippen LogP contribution in [-0.2, 0) is 4.74 Å². The molecule has 1 aliphatic carbocycles. The van der Waals surface area contributed by atoms with E-state index in [2.05, 4.69) is 18.3 Å². The Balaban J connectivity index is 1.75. The Kier molecular flexibility index (Phi) is 4.60. The molecule has 0 saturated heterocycles. The quantitative estimate of drug-likeness (QED) is 0.736. The average molecular weight is 239 g/mol. The third kappa shape index (κ3) is 3.54. The predicted octanol–water partition coefficient (Wildman–Crippen LogP) is 1.86. The molecule has 1 heterocycles. The minimum absolute atomic E-state index is 0.0638. The van der Waals surface area contributed by atoms with Crippen molar-refractivity contribution in [3.63, 3.8) is 0 Å². The molecule has 0 radical (unpaired) electrons. The van der Waals surface area contributed by atoms with Gasteiger partial charge in [0.05, 0.1) is 19.3 Å². The Hall–Kier alpha value is -0.380. The van der Waals surface area contributed by atoms with Gasteiger partial charge >= 0.3 is 0 Å². The molecule has 2 atom stereocenters. The van der Waals surface area contributed by atoms with Crippen LogP contribution in [0.25, 0.3) is 0 Å². The van der Waals surface area contributed by atoms with E-state index in [1.165, 1.54) is 18.4 Å². The van der Waals surface area contributed by atoms with Crippen LogP contribution in [0.4, 0.5) is 0 Å². The zero-order chi connectivity index (χ0) is 12.1. The third-order valence-corrected chi connectivity index (χ3v) is 4.14. The normalized spacial score (nSPS) is 34.5. The van der Waals surface area contributed by atoms with Crippen LogP contribution in [-0.4, -0.2) is 37.5 Å². The van der Waals surface area contributed by atoms with Crippen molar-refractivity contribution in [2.75, 3.05) is 26.3 Å². The largest absolute Gasteiger partial charge is 0.393 e. The van der Waals surface area contributed by atoms with E-state index in [0.29, 0.717) is 0 Å². The van der Waals surface area contributed by atoms with Crippen LogP contribution >= 0.6 is 0 Å². The van der Waals surface area contributed by atoms with E-state index in [0.717, 1.165) is 45.6 Å². The lowest BCUT2D eigenvalue weighted by molar-refractivity contribution is 0.00165. The molecule has 2 aliphatic rings. The van der Waals surface area contributed by atoms with Crippen LogP contribution in [0.3, 0.4) is 0 Å². The minimum atomic E-state index is -0.139. The molecule has 0 aromatic rings. The highest BCUT2D eigenvalue weighted by Gasteiger charge is 2.34. The molecule has 0 aromatic carbocycles. The zero-order valence-corrected chi connectivity index (χ0v) is 10.9. The number of aliphatic hydroxyl groups is 1. The van der Waals surface area contributed by atoms with Crippen LogP contribution in [0, 0.1) is 5.41 Å². The number of hydrogen-bond acceptors (Lipinski definition) is 3. The van der Waals surface area contributed by atoms with Crippen molar-refractivity contribution in [2.45, 2.75) is 45.1 Å². The second-order valence-corrected chi connectivity index (χ2v) is 5.72. The highest BCUT2D eigenvalue weighted by molar-refractivity contribution is 5.07. The smallest absolute Gasteiger partial charge is 0.0689 e. The SMILES string of the molecule is CC1(CNCC2=CCCOC2)CCCCC1O. The Bertz CT molecular complexity index is 277. The number of ether oxygens (including phenoxy) is 1. The summed E-state index contributed by atoms with van der Waals surface area (Å²) in [6.07, 6.45) is 7.70. The van der Waals surface area contributed by atoms with Crippen LogP contribution in [0.5, 0.6) is 0 Å². The first-order valence-electron chi connectivity index (χ1n) is 6.85. The van der Waals surface area contributed by atoms with Gasteiger partial charge in [0, 0.05) is 18.5 Å². The molecule has 2 N–H and O–H groups in total. The molecule has 0 aromatic heterocycles. The monoisotopic (exact) mass is 239 g/mol. The van der Waals surface area contributed by atoms with Crippen LogP contribution in [0.1, 0.15) is 39.0 Å². The van der Waals surface area contributed by atoms with Crippen molar-refractivity contribution in [2.24, 2.45) is 5.41 Å². The topological polar surface area (TPSA) is 41.5 Å². The van der Waals surface area contributed by atoms with E-state index in [1.54, 1.807) is 0 Å². The van der Waals surface area contributed by atoms with Gasteiger partial charge in [-0.05, 0) is 24.8 Å². The maximum atomic E-state index is 10.1. The summed E-state index contributed by atoms with van der Waals surface area (Å²) in [4.78, 5) is 0. The number of rotatable bonds is 4. The second kappa shape index (κ2) is 5.98. The summed E-state index contributed by atoms with van der Waals surface area (Å²) in [5, 5.41) is 13.6. The average Bonchev–Trinajstić information content (AvgIpc) is 2.35. The molecule has 0 amide bonds. The molecule has 1 fully saturated rings. The Morgan fingerprint density at radius 3 is 3.12 bits per heavy atom. The first-order valence-corrected chi connectivity index (χ1v) is 6.85. The molecule has 1 saturated carbocycles. The molecular weight excluding hydrogens is 214 g/mol. The summed E-state index contributed by atoms with van der Waals surface area (Å²) in [5.41, 5.74) is 1.42. The van der Waals surface area contributed by atoms with Gasteiger partial charge in [-0.15, -0.1) is 0 Å². The van der Waals surface area contributed by atoms with Crippen LogP contribution in [0.15, 0.2) is 11.6 Å². The summed E-state index contributed by atoms with van der Waals surface area (Å²) in [6, 6.07) is 0. The lowest BCUT2D eigenvalue weighted by atomic mass is 9.73. The lowest BCUT2D eigenvalue weighted by Crippen LogP contribution is -2.44. The van der Waals surface area contributed by atoms with Gasteiger partial charge in [-0.25, -0.2) is 0 Å². The van der Waals surface area contributed by atoms with Gasteiger partial charge in [-0.1, -0.05) is 25.8 Å². The maximum Gasteiger partial charge on any atom is 0.0689 e. The van der Waals surface area contributed by atoms with E-state index in [-0.39, 0.29) is 11.5 Å². The Morgan fingerprint density at radius 2 is 2.41 bits per heavy atom. The summed E-state index contributed by atoms with van der Waals surface area (Å²) >= 11 is 0. The number of aliphatic hydroxyl groups excluding tert-OH is 1. The van der Waals surface area contributed by atoms with E-state index in [4.69, 9.17) is 4.74 Å². The van der Waals surface area contributed by atoms with Crippen molar-refractivity contribution >= 4 is 0 Å².